The maximum absolute atomic E-state index is 14.7. The lowest BCUT2D eigenvalue weighted by atomic mass is 10.2. The van der Waals surface area contributed by atoms with Crippen molar-refractivity contribution in [2.24, 2.45) is 0 Å². The second-order valence-electron chi connectivity index (χ2n) is 7.76. The van der Waals surface area contributed by atoms with Gasteiger partial charge in [0.15, 0.2) is 17.5 Å². The molecule has 0 spiro atoms. The number of anilines is 1. The van der Waals surface area contributed by atoms with Gasteiger partial charge in [-0.25, -0.2) is 23.5 Å². The van der Waals surface area contributed by atoms with E-state index in [4.69, 9.17) is 9.26 Å². The first-order valence-electron chi connectivity index (χ1n) is 10.6. The second-order valence-corrected chi connectivity index (χ2v) is 7.76. The van der Waals surface area contributed by atoms with Gasteiger partial charge in [-0.1, -0.05) is 23.4 Å². The standard InChI is InChI=1S/C23H18F2N6O4/c1-34-23(33)18-6-7-20(32)31(18)22-15(25)11-26-21(27-22)17-10-19(16-8-9-35-29-16)30(28-17)12-13-4-2-3-5-14(13)24/h2-5,8-11,18H,6-7,12H2,1H3. The minimum absolute atomic E-state index is 0.00162. The van der Waals surface area contributed by atoms with Crippen LogP contribution in [0.5, 0.6) is 0 Å². The molecular weight excluding hydrogens is 462 g/mol. The lowest BCUT2D eigenvalue weighted by molar-refractivity contribution is -0.142. The zero-order chi connectivity index (χ0) is 24.5. The lowest BCUT2D eigenvalue weighted by Crippen LogP contribution is -2.40. The van der Waals surface area contributed by atoms with E-state index >= 15 is 0 Å². The van der Waals surface area contributed by atoms with Gasteiger partial charge in [-0.3, -0.25) is 14.4 Å². The first-order chi connectivity index (χ1) is 17.0. The average Bonchev–Trinajstić information content (AvgIpc) is 3.61. The van der Waals surface area contributed by atoms with Crippen LogP contribution in [0.2, 0.25) is 0 Å². The molecule has 0 aliphatic carbocycles. The Balaban J connectivity index is 1.57. The molecule has 1 unspecified atom stereocenters. The molecule has 0 bridgehead atoms. The van der Waals surface area contributed by atoms with Gasteiger partial charge in [-0.15, -0.1) is 0 Å². The maximum atomic E-state index is 14.7. The van der Waals surface area contributed by atoms with Gasteiger partial charge < -0.3 is 9.26 Å². The number of benzene rings is 1. The van der Waals surface area contributed by atoms with E-state index in [0.29, 0.717) is 17.0 Å². The molecule has 178 valence electrons. The summed E-state index contributed by atoms with van der Waals surface area (Å²) in [5.41, 5.74) is 1.53. The molecule has 3 aromatic heterocycles. The molecular formula is C23H18F2N6O4. The van der Waals surface area contributed by atoms with Gasteiger partial charge in [0.05, 0.1) is 25.5 Å². The molecule has 12 heteroatoms. The van der Waals surface area contributed by atoms with Crippen LogP contribution in [-0.2, 0) is 20.9 Å². The monoisotopic (exact) mass is 480 g/mol. The zero-order valence-electron chi connectivity index (χ0n) is 18.4. The number of aromatic nitrogens is 5. The number of methoxy groups -OCH3 is 1. The Labute approximate surface area is 197 Å². The summed E-state index contributed by atoms with van der Waals surface area (Å²) in [4.78, 5) is 33.8. The molecule has 35 heavy (non-hydrogen) atoms. The number of nitrogens with zero attached hydrogens (tertiary/aromatic N) is 6. The van der Waals surface area contributed by atoms with Crippen molar-refractivity contribution in [3.05, 3.63) is 66.1 Å². The van der Waals surface area contributed by atoms with Crippen molar-refractivity contribution < 1.29 is 27.6 Å². The van der Waals surface area contributed by atoms with Crippen LogP contribution in [0.25, 0.3) is 22.9 Å². The van der Waals surface area contributed by atoms with Crippen molar-refractivity contribution in [2.45, 2.75) is 25.4 Å². The zero-order valence-corrected chi connectivity index (χ0v) is 18.4. The molecule has 4 aromatic rings. The van der Waals surface area contributed by atoms with Gasteiger partial charge in [0, 0.05) is 18.1 Å². The molecule has 1 aliphatic rings. The van der Waals surface area contributed by atoms with Gasteiger partial charge in [-0.2, -0.15) is 5.10 Å². The normalized spacial score (nSPS) is 15.6. The summed E-state index contributed by atoms with van der Waals surface area (Å²) in [6.45, 7) is 0.0674. The summed E-state index contributed by atoms with van der Waals surface area (Å²) >= 11 is 0. The minimum atomic E-state index is -0.992. The van der Waals surface area contributed by atoms with Gasteiger partial charge in [0.25, 0.3) is 0 Å². The van der Waals surface area contributed by atoms with E-state index in [-0.39, 0.29) is 36.7 Å². The van der Waals surface area contributed by atoms with Gasteiger partial charge in [0.2, 0.25) is 5.91 Å². The van der Waals surface area contributed by atoms with Crippen LogP contribution in [0.1, 0.15) is 18.4 Å². The fourth-order valence-electron chi connectivity index (χ4n) is 3.94. The summed E-state index contributed by atoms with van der Waals surface area (Å²) in [5, 5.41) is 8.41. The van der Waals surface area contributed by atoms with Crippen LogP contribution >= 0.6 is 0 Å². The molecule has 0 N–H and O–H groups in total. The maximum Gasteiger partial charge on any atom is 0.329 e. The number of rotatable bonds is 6. The summed E-state index contributed by atoms with van der Waals surface area (Å²) in [5.74, 6) is -2.76. The van der Waals surface area contributed by atoms with Crippen LogP contribution in [0, 0.1) is 11.6 Å². The minimum Gasteiger partial charge on any atom is -0.467 e. The summed E-state index contributed by atoms with van der Waals surface area (Å²) in [6, 6.07) is 8.48. The molecule has 1 aliphatic heterocycles. The topological polar surface area (TPSA) is 116 Å². The van der Waals surface area contributed by atoms with Gasteiger partial charge in [0.1, 0.15) is 29.5 Å². The summed E-state index contributed by atoms with van der Waals surface area (Å²) in [7, 11) is 1.19. The van der Waals surface area contributed by atoms with Crippen LogP contribution < -0.4 is 4.90 Å². The molecule has 4 heterocycles. The first kappa shape index (κ1) is 22.3. The predicted molar refractivity (Wildman–Crippen MR) is 117 cm³/mol. The molecule has 1 fully saturated rings. The fraction of sp³-hybridized carbons (Fsp3) is 0.217. The third-order valence-corrected chi connectivity index (χ3v) is 5.63. The predicted octanol–water partition coefficient (Wildman–Crippen LogP) is 2.99. The number of halogens is 2. The van der Waals surface area contributed by atoms with E-state index in [2.05, 4.69) is 20.2 Å². The molecule has 10 nitrogen and oxygen atoms in total. The number of ether oxygens (including phenoxy) is 1. The van der Waals surface area contributed by atoms with Crippen LogP contribution in [0.3, 0.4) is 0 Å². The molecule has 1 aromatic carbocycles. The smallest absolute Gasteiger partial charge is 0.329 e. The quantitative estimate of drug-likeness (QED) is 0.387. The van der Waals surface area contributed by atoms with E-state index in [9.17, 15) is 18.4 Å². The highest BCUT2D eigenvalue weighted by molar-refractivity contribution is 6.02. The molecule has 0 saturated carbocycles. The van der Waals surface area contributed by atoms with E-state index in [1.165, 1.54) is 24.1 Å². The van der Waals surface area contributed by atoms with E-state index in [1.807, 2.05) is 0 Å². The highest BCUT2D eigenvalue weighted by Gasteiger charge is 2.40. The first-order valence-corrected chi connectivity index (χ1v) is 10.6. The Morgan fingerprint density at radius 3 is 2.77 bits per heavy atom. The van der Waals surface area contributed by atoms with Crippen molar-refractivity contribution in [3.8, 4) is 22.9 Å². The fourth-order valence-corrected chi connectivity index (χ4v) is 3.94. The average molecular weight is 480 g/mol. The van der Waals surface area contributed by atoms with Crippen molar-refractivity contribution in [3.63, 3.8) is 0 Å². The van der Waals surface area contributed by atoms with Crippen LogP contribution in [-0.4, -0.2) is 49.9 Å². The van der Waals surface area contributed by atoms with Crippen LogP contribution in [0.15, 0.2) is 53.4 Å². The van der Waals surface area contributed by atoms with Crippen LogP contribution in [0.4, 0.5) is 14.6 Å². The van der Waals surface area contributed by atoms with Crippen molar-refractivity contribution in [1.29, 1.82) is 0 Å². The number of esters is 1. The number of carbonyl (C=O) groups excluding carboxylic acids is 2. The largest absolute Gasteiger partial charge is 0.467 e. The van der Waals surface area contributed by atoms with Gasteiger partial charge in [-0.05, 0) is 18.6 Å². The highest BCUT2D eigenvalue weighted by atomic mass is 19.1. The molecule has 0 radical (unpaired) electrons. The Morgan fingerprint density at radius 2 is 2.03 bits per heavy atom. The summed E-state index contributed by atoms with van der Waals surface area (Å²) < 4.78 is 40.2. The molecule has 1 saturated heterocycles. The van der Waals surface area contributed by atoms with E-state index in [0.717, 1.165) is 11.1 Å². The molecule has 1 amide bonds. The SMILES string of the molecule is COC(=O)C1CCC(=O)N1c1nc(-c2cc(-c3ccon3)n(Cc3ccccc3F)n2)ncc1F. The van der Waals surface area contributed by atoms with E-state index in [1.54, 1.807) is 30.3 Å². The Kier molecular flexibility index (Phi) is 5.77. The number of hydrogen-bond donors (Lipinski definition) is 0. The highest BCUT2D eigenvalue weighted by Crippen LogP contribution is 2.30. The third kappa shape index (κ3) is 4.14. The van der Waals surface area contributed by atoms with Gasteiger partial charge >= 0.3 is 5.97 Å². The Hall–Kier alpha value is -4.48. The Bertz CT molecular complexity index is 1410. The summed E-state index contributed by atoms with van der Waals surface area (Å²) in [6.07, 6.45) is 2.52. The van der Waals surface area contributed by atoms with Crippen molar-refractivity contribution >= 4 is 17.7 Å². The molecule has 1 atom stereocenters. The Morgan fingerprint density at radius 1 is 1.20 bits per heavy atom. The van der Waals surface area contributed by atoms with Crippen molar-refractivity contribution in [2.75, 3.05) is 12.0 Å². The third-order valence-electron chi connectivity index (χ3n) is 5.63. The number of hydrogen-bond acceptors (Lipinski definition) is 8. The molecule has 5 rings (SSSR count). The number of carbonyl (C=O) groups is 2. The van der Waals surface area contributed by atoms with Crippen molar-refractivity contribution in [1.82, 2.24) is 24.9 Å². The lowest BCUT2D eigenvalue weighted by Gasteiger charge is -2.22. The number of amides is 1. The van der Waals surface area contributed by atoms with E-state index < -0.39 is 29.6 Å². The second kappa shape index (κ2) is 9.05.